The van der Waals surface area contributed by atoms with Crippen molar-refractivity contribution >= 4 is 21.6 Å². The molecule has 1 aliphatic heterocycles. The summed E-state index contributed by atoms with van der Waals surface area (Å²) in [5, 5.41) is 14.2. The predicted octanol–water partition coefficient (Wildman–Crippen LogP) is 1.78. The smallest absolute Gasteiger partial charge is 0.273 e. The van der Waals surface area contributed by atoms with E-state index in [0.29, 0.717) is 18.7 Å². The van der Waals surface area contributed by atoms with Gasteiger partial charge in [0.2, 0.25) is 0 Å². The summed E-state index contributed by atoms with van der Waals surface area (Å²) >= 11 is 3.34. The van der Waals surface area contributed by atoms with Crippen LogP contribution in [0.3, 0.4) is 0 Å². The van der Waals surface area contributed by atoms with E-state index in [4.69, 9.17) is 4.74 Å². The molecule has 1 aliphatic rings. The lowest BCUT2D eigenvalue weighted by atomic mass is 10.2. The van der Waals surface area contributed by atoms with Crippen LogP contribution in [0.5, 0.6) is 0 Å². The van der Waals surface area contributed by atoms with Crippen molar-refractivity contribution in [3.63, 3.8) is 0 Å². The molecule has 0 spiro atoms. The van der Waals surface area contributed by atoms with Gasteiger partial charge in [0.25, 0.3) is 5.69 Å². The second kappa shape index (κ2) is 7.12. The lowest BCUT2D eigenvalue weighted by Gasteiger charge is -2.30. The highest BCUT2D eigenvalue weighted by atomic mass is 79.9. The van der Waals surface area contributed by atoms with Crippen LogP contribution in [0.15, 0.2) is 22.7 Å². The van der Waals surface area contributed by atoms with E-state index in [-0.39, 0.29) is 16.7 Å². The van der Waals surface area contributed by atoms with Gasteiger partial charge in [0, 0.05) is 42.3 Å². The van der Waals surface area contributed by atoms with E-state index in [1.54, 1.807) is 12.1 Å². The molecule has 1 N–H and O–H groups in total. The highest BCUT2D eigenvalue weighted by Crippen LogP contribution is 2.22. The molecule has 0 aliphatic carbocycles. The fourth-order valence-electron chi connectivity index (χ4n) is 2.23. The number of likely N-dealkylation sites (N-methyl/N-ethyl adjacent to an activating group) is 1. The number of hydrogen-bond acceptors (Lipinski definition) is 5. The van der Waals surface area contributed by atoms with E-state index >= 15 is 0 Å². The summed E-state index contributed by atoms with van der Waals surface area (Å²) in [4.78, 5) is 12.8. The number of morpholine rings is 1. The van der Waals surface area contributed by atoms with Gasteiger partial charge in [-0.25, -0.2) is 0 Å². The van der Waals surface area contributed by atoms with Crippen molar-refractivity contribution in [3.8, 4) is 0 Å². The maximum absolute atomic E-state index is 11.0. The van der Waals surface area contributed by atoms with Crippen LogP contribution in [0.25, 0.3) is 0 Å². The van der Waals surface area contributed by atoms with E-state index in [2.05, 4.69) is 33.2 Å². The van der Waals surface area contributed by atoms with Crippen LogP contribution in [-0.2, 0) is 11.3 Å². The zero-order valence-corrected chi connectivity index (χ0v) is 12.9. The number of nitrogens with one attached hydrogen (secondary N) is 1. The summed E-state index contributed by atoms with van der Waals surface area (Å²) in [6.45, 7) is 3.72. The molecule has 1 aromatic rings. The molecule has 0 aromatic heterocycles. The van der Waals surface area contributed by atoms with Gasteiger partial charge in [-0.2, -0.15) is 0 Å². The SMILES string of the molecule is CN1CCOC(CNCc2cc(Br)ccc2[N+](=O)[O-])C1. The van der Waals surface area contributed by atoms with Crippen molar-refractivity contribution < 1.29 is 9.66 Å². The Labute approximate surface area is 126 Å². The minimum Gasteiger partial charge on any atom is -0.374 e. The van der Waals surface area contributed by atoms with E-state index < -0.39 is 0 Å². The van der Waals surface area contributed by atoms with E-state index in [1.165, 1.54) is 6.07 Å². The standard InChI is InChI=1S/C13H18BrN3O3/c1-16-4-5-20-12(9-16)8-15-7-10-6-11(14)2-3-13(10)17(18)19/h2-3,6,12,15H,4-5,7-9H2,1H3. The molecule has 1 fully saturated rings. The van der Waals surface area contributed by atoms with Crippen LogP contribution in [0.2, 0.25) is 0 Å². The third kappa shape index (κ3) is 4.24. The Balaban J connectivity index is 1.90. The Morgan fingerprint density at radius 3 is 3.10 bits per heavy atom. The van der Waals surface area contributed by atoms with Gasteiger partial charge in [-0.1, -0.05) is 15.9 Å². The molecular formula is C13H18BrN3O3. The number of nitro benzene ring substituents is 1. The van der Waals surface area contributed by atoms with E-state index in [1.807, 2.05) is 0 Å². The number of halogens is 1. The first kappa shape index (κ1) is 15.4. The lowest BCUT2D eigenvalue weighted by molar-refractivity contribution is -0.385. The minimum absolute atomic E-state index is 0.139. The molecule has 1 atom stereocenters. The summed E-state index contributed by atoms with van der Waals surface area (Å²) in [5.41, 5.74) is 0.816. The number of benzene rings is 1. The Morgan fingerprint density at radius 1 is 1.60 bits per heavy atom. The molecule has 0 saturated carbocycles. The fourth-order valence-corrected chi connectivity index (χ4v) is 2.64. The minimum atomic E-state index is -0.353. The molecule has 1 saturated heterocycles. The molecule has 0 radical (unpaired) electrons. The average Bonchev–Trinajstić information content (AvgIpc) is 2.38. The van der Waals surface area contributed by atoms with Gasteiger partial charge in [0.15, 0.2) is 0 Å². The predicted molar refractivity (Wildman–Crippen MR) is 79.7 cm³/mol. The highest BCUT2D eigenvalue weighted by molar-refractivity contribution is 9.10. The molecule has 20 heavy (non-hydrogen) atoms. The molecule has 0 bridgehead atoms. The van der Waals surface area contributed by atoms with Crippen LogP contribution in [0, 0.1) is 10.1 Å². The Kier molecular flexibility index (Phi) is 5.47. The van der Waals surface area contributed by atoms with Crippen LogP contribution in [0.4, 0.5) is 5.69 Å². The summed E-state index contributed by atoms with van der Waals surface area (Å²) in [7, 11) is 2.06. The van der Waals surface area contributed by atoms with Gasteiger partial charge in [-0.3, -0.25) is 10.1 Å². The van der Waals surface area contributed by atoms with Gasteiger partial charge in [-0.05, 0) is 19.2 Å². The first-order chi connectivity index (χ1) is 9.56. The summed E-state index contributed by atoms with van der Waals surface area (Å²) in [6, 6.07) is 4.98. The van der Waals surface area contributed by atoms with Crippen molar-refractivity contribution in [2.24, 2.45) is 0 Å². The van der Waals surface area contributed by atoms with Gasteiger partial charge < -0.3 is 15.0 Å². The molecule has 1 heterocycles. The second-order valence-electron chi connectivity index (χ2n) is 4.92. The number of nitro groups is 1. The lowest BCUT2D eigenvalue weighted by Crippen LogP contribution is -2.44. The van der Waals surface area contributed by atoms with Crippen LogP contribution in [0.1, 0.15) is 5.56 Å². The van der Waals surface area contributed by atoms with E-state index in [9.17, 15) is 10.1 Å². The third-order valence-electron chi connectivity index (χ3n) is 3.27. The largest absolute Gasteiger partial charge is 0.374 e. The van der Waals surface area contributed by atoms with Crippen LogP contribution in [-0.4, -0.2) is 49.2 Å². The second-order valence-corrected chi connectivity index (χ2v) is 5.83. The van der Waals surface area contributed by atoms with Crippen molar-refractivity contribution in [1.82, 2.24) is 10.2 Å². The van der Waals surface area contributed by atoms with Crippen molar-refractivity contribution in [2.75, 3.05) is 33.3 Å². The quantitative estimate of drug-likeness (QED) is 0.651. The zero-order chi connectivity index (χ0) is 14.5. The Morgan fingerprint density at radius 2 is 2.40 bits per heavy atom. The zero-order valence-electron chi connectivity index (χ0n) is 11.3. The first-order valence-electron chi connectivity index (χ1n) is 6.50. The van der Waals surface area contributed by atoms with Crippen LogP contribution < -0.4 is 5.32 Å². The van der Waals surface area contributed by atoms with Gasteiger partial charge in [0.1, 0.15) is 0 Å². The summed E-state index contributed by atoms with van der Waals surface area (Å²) in [6.07, 6.45) is 0.139. The molecule has 2 rings (SSSR count). The number of hydrogen-bond donors (Lipinski definition) is 1. The molecule has 1 aromatic carbocycles. The normalized spacial score (nSPS) is 20.0. The van der Waals surface area contributed by atoms with Crippen molar-refractivity contribution in [3.05, 3.63) is 38.3 Å². The van der Waals surface area contributed by atoms with Crippen molar-refractivity contribution in [1.29, 1.82) is 0 Å². The van der Waals surface area contributed by atoms with Gasteiger partial charge >= 0.3 is 0 Å². The van der Waals surface area contributed by atoms with E-state index in [0.717, 1.165) is 24.2 Å². The summed E-state index contributed by atoms with van der Waals surface area (Å²) in [5.74, 6) is 0. The number of rotatable bonds is 5. The third-order valence-corrected chi connectivity index (χ3v) is 3.76. The molecule has 110 valence electrons. The monoisotopic (exact) mass is 343 g/mol. The topological polar surface area (TPSA) is 67.6 Å². The maximum Gasteiger partial charge on any atom is 0.273 e. The van der Waals surface area contributed by atoms with Gasteiger partial charge in [-0.15, -0.1) is 0 Å². The Bertz CT molecular complexity index is 484. The average molecular weight is 344 g/mol. The summed E-state index contributed by atoms with van der Waals surface area (Å²) < 4.78 is 6.48. The molecule has 1 unspecified atom stereocenters. The molecule has 0 amide bonds. The maximum atomic E-state index is 11.0. The highest BCUT2D eigenvalue weighted by Gasteiger charge is 2.18. The van der Waals surface area contributed by atoms with Crippen molar-refractivity contribution in [2.45, 2.75) is 12.6 Å². The first-order valence-corrected chi connectivity index (χ1v) is 7.29. The molecule has 7 heteroatoms. The fraction of sp³-hybridized carbons (Fsp3) is 0.538. The Hall–Kier alpha value is -1.02. The number of ether oxygens (including phenoxy) is 1. The molecular weight excluding hydrogens is 326 g/mol. The number of nitrogens with zero attached hydrogens (tertiary/aromatic N) is 2. The molecule has 6 nitrogen and oxygen atoms in total. The van der Waals surface area contributed by atoms with Gasteiger partial charge in [0.05, 0.1) is 17.6 Å². The van der Waals surface area contributed by atoms with Crippen LogP contribution >= 0.6 is 15.9 Å².